The van der Waals surface area contributed by atoms with Gasteiger partial charge >= 0.3 is 12.1 Å². The second-order valence-electron chi connectivity index (χ2n) is 5.78. The third-order valence-electron chi connectivity index (χ3n) is 3.94. The van der Waals surface area contributed by atoms with E-state index in [2.05, 4.69) is 5.32 Å². The van der Waals surface area contributed by atoms with Crippen LogP contribution in [0.3, 0.4) is 0 Å². The molecular formula is C19H18F3NO4. The van der Waals surface area contributed by atoms with Crippen LogP contribution >= 0.6 is 0 Å². The number of carboxylic acids is 1. The van der Waals surface area contributed by atoms with Gasteiger partial charge in [0.05, 0.1) is 5.56 Å². The summed E-state index contributed by atoms with van der Waals surface area (Å²) in [5.41, 5.74) is -0.652. The molecule has 0 saturated carbocycles. The Morgan fingerprint density at radius 1 is 1.07 bits per heavy atom. The molecule has 1 amide bonds. The number of carboxylic acid groups (broad SMARTS) is 1. The molecule has 0 spiro atoms. The highest BCUT2D eigenvalue weighted by Crippen LogP contribution is 2.32. The number of nitrogens with one attached hydrogen (secondary N) is 1. The van der Waals surface area contributed by atoms with Crippen molar-refractivity contribution in [2.75, 3.05) is 7.11 Å². The van der Waals surface area contributed by atoms with Gasteiger partial charge in [-0.2, -0.15) is 13.2 Å². The van der Waals surface area contributed by atoms with Crippen molar-refractivity contribution in [3.05, 3.63) is 71.3 Å². The van der Waals surface area contributed by atoms with Crippen LogP contribution in [0.2, 0.25) is 0 Å². The van der Waals surface area contributed by atoms with Crippen LogP contribution in [-0.2, 0) is 26.9 Å². The average molecular weight is 381 g/mol. The van der Waals surface area contributed by atoms with Crippen molar-refractivity contribution in [3.8, 4) is 0 Å². The van der Waals surface area contributed by atoms with Gasteiger partial charge in [-0.25, -0.2) is 4.79 Å². The molecule has 8 heteroatoms. The van der Waals surface area contributed by atoms with Crippen LogP contribution in [0, 0.1) is 0 Å². The van der Waals surface area contributed by atoms with Gasteiger partial charge in [-0.1, -0.05) is 48.5 Å². The van der Waals surface area contributed by atoms with Crippen LogP contribution in [-0.4, -0.2) is 30.1 Å². The minimum absolute atomic E-state index is 0.216. The largest absolute Gasteiger partial charge is 0.480 e. The molecule has 2 atom stereocenters. The van der Waals surface area contributed by atoms with Crippen molar-refractivity contribution in [2.45, 2.75) is 24.7 Å². The molecule has 0 aromatic heterocycles. The van der Waals surface area contributed by atoms with Gasteiger partial charge in [0.15, 0.2) is 6.10 Å². The predicted molar refractivity (Wildman–Crippen MR) is 90.9 cm³/mol. The summed E-state index contributed by atoms with van der Waals surface area (Å²) in [6, 6.07) is 11.5. The van der Waals surface area contributed by atoms with Crippen LogP contribution in [0.15, 0.2) is 54.6 Å². The zero-order chi connectivity index (χ0) is 20.0. The summed E-state index contributed by atoms with van der Waals surface area (Å²) in [6.07, 6.45) is -6.21. The molecule has 144 valence electrons. The molecule has 0 aliphatic carbocycles. The van der Waals surface area contributed by atoms with Crippen molar-refractivity contribution in [3.63, 3.8) is 0 Å². The van der Waals surface area contributed by atoms with E-state index in [0.717, 1.165) is 6.07 Å². The minimum Gasteiger partial charge on any atom is -0.480 e. The highest BCUT2D eigenvalue weighted by atomic mass is 19.4. The van der Waals surface area contributed by atoms with Crippen molar-refractivity contribution < 1.29 is 32.6 Å². The van der Waals surface area contributed by atoms with Gasteiger partial charge in [0, 0.05) is 13.5 Å². The molecular weight excluding hydrogens is 363 g/mol. The van der Waals surface area contributed by atoms with Crippen LogP contribution in [0.1, 0.15) is 22.8 Å². The highest BCUT2D eigenvalue weighted by Gasteiger charge is 2.35. The Morgan fingerprint density at radius 3 is 2.22 bits per heavy atom. The van der Waals surface area contributed by atoms with Crippen molar-refractivity contribution in [2.24, 2.45) is 0 Å². The lowest BCUT2D eigenvalue weighted by atomic mass is 9.99. The molecule has 5 nitrogen and oxygen atoms in total. The van der Waals surface area contributed by atoms with E-state index in [9.17, 15) is 27.9 Å². The fraction of sp³-hybridized carbons (Fsp3) is 0.263. The Balaban J connectivity index is 2.22. The Labute approximate surface area is 153 Å². The molecule has 0 bridgehead atoms. The molecule has 2 rings (SSSR count). The third-order valence-corrected chi connectivity index (χ3v) is 3.94. The van der Waals surface area contributed by atoms with Gasteiger partial charge < -0.3 is 15.2 Å². The van der Waals surface area contributed by atoms with Crippen molar-refractivity contribution >= 4 is 11.9 Å². The molecule has 0 fully saturated rings. The number of methoxy groups -OCH3 is 1. The standard InChI is InChI=1S/C19H18F3NO4/c1-27-16(12-7-3-2-4-8-12)17(24)23-15(18(25)26)11-13-9-5-6-10-14(13)19(20,21)22/h2-10,15-16H,11H2,1H3,(H,23,24)(H,25,26)/t15-,16+/m1/s1. The second-order valence-corrected chi connectivity index (χ2v) is 5.78. The summed E-state index contributed by atoms with van der Waals surface area (Å²) in [4.78, 5) is 24.0. The summed E-state index contributed by atoms with van der Waals surface area (Å²) in [5, 5.41) is 11.6. The first-order chi connectivity index (χ1) is 12.7. The number of amides is 1. The zero-order valence-corrected chi connectivity index (χ0v) is 14.4. The lowest BCUT2D eigenvalue weighted by Gasteiger charge is -2.21. The number of hydrogen-bond acceptors (Lipinski definition) is 3. The molecule has 0 radical (unpaired) electrons. The lowest BCUT2D eigenvalue weighted by Crippen LogP contribution is -2.45. The Bertz CT molecular complexity index is 793. The average Bonchev–Trinajstić information content (AvgIpc) is 2.62. The van der Waals surface area contributed by atoms with Crippen LogP contribution in [0.25, 0.3) is 0 Å². The number of ether oxygens (including phenoxy) is 1. The van der Waals surface area contributed by atoms with Gasteiger partial charge in [0.1, 0.15) is 6.04 Å². The van der Waals surface area contributed by atoms with Crippen molar-refractivity contribution in [1.82, 2.24) is 5.32 Å². The number of carbonyl (C=O) groups excluding carboxylic acids is 1. The Kier molecular flexibility index (Phi) is 6.57. The van der Waals surface area contributed by atoms with E-state index in [1.54, 1.807) is 30.3 Å². The van der Waals surface area contributed by atoms with E-state index in [0.29, 0.717) is 5.56 Å². The van der Waals surface area contributed by atoms with Gasteiger partial charge in [0.2, 0.25) is 0 Å². The highest BCUT2D eigenvalue weighted by molar-refractivity contribution is 5.87. The molecule has 2 aromatic rings. The monoisotopic (exact) mass is 381 g/mol. The van der Waals surface area contributed by atoms with E-state index in [4.69, 9.17) is 4.74 Å². The van der Waals surface area contributed by atoms with Gasteiger partial charge in [-0.15, -0.1) is 0 Å². The van der Waals surface area contributed by atoms with E-state index in [-0.39, 0.29) is 5.56 Å². The molecule has 0 heterocycles. The van der Waals surface area contributed by atoms with E-state index in [1.807, 2.05) is 0 Å². The van der Waals surface area contributed by atoms with Gasteiger partial charge in [-0.3, -0.25) is 4.79 Å². The maximum absolute atomic E-state index is 13.1. The first-order valence-corrected chi connectivity index (χ1v) is 8.00. The maximum atomic E-state index is 13.1. The van der Waals surface area contributed by atoms with Crippen molar-refractivity contribution in [1.29, 1.82) is 0 Å². The summed E-state index contributed by atoms with van der Waals surface area (Å²) < 4.78 is 44.5. The van der Waals surface area contributed by atoms with Crippen LogP contribution in [0.5, 0.6) is 0 Å². The van der Waals surface area contributed by atoms with Crippen LogP contribution in [0.4, 0.5) is 13.2 Å². The SMILES string of the molecule is CO[C@H](C(=O)N[C@H](Cc1ccccc1C(F)(F)F)C(=O)O)c1ccccc1. The van der Waals surface area contributed by atoms with Gasteiger partial charge in [-0.05, 0) is 17.2 Å². The summed E-state index contributed by atoms with van der Waals surface area (Å²) in [7, 11) is 1.28. The molecule has 0 saturated heterocycles. The molecule has 2 N–H and O–H groups in total. The number of halogens is 3. The smallest absolute Gasteiger partial charge is 0.416 e. The predicted octanol–water partition coefficient (Wildman–Crippen LogP) is 3.21. The van der Waals surface area contributed by atoms with E-state index in [1.165, 1.54) is 25.3 Å². The quantitative estimate of drug-likeness (QED) is 0.772. The summed E-state index contributed by atoms with van der Waals surface area (Å²) in [5.74, 6) is -2.19. The molecule has 0 unspecified atom stereocenters. The first-order valence-electron chi connectivity index (χ1n) is 8.00. The Morgan fingerprint density at radius 2 is 1.67 bits per heavy atom. The third kappa shape index (κ3) is 5.30. The normalized spacial score (nSPS) is 13.6. The number of benzene rings is 2. The molecule has 0 aliphatic heterocycles. The summed E-state index contributed by atoms with van der Waals surface area (Å²) >= 11 is 0. The first kappa shape index (κ1) is 20.4. The number of hydrogen-bond donors (Lipinski definition) is 2. The van der Waals surface area contributed by atoms with E-state index < -0.39 is 42.2 Å². The molecule has 27 heavy (non-hydrogen) atoms. The van der Waals surface area contributed by atoms with Gasteiger partial charge in [0.25, 0.3) is 5.91 Å². The number of carbonyl (C=O) groups is 2. The maximum Gasteiger partial charge on any atom is 0.416 e. The number of alkyl halides is 3. The lowest BCUT2D eigenvalue weighted by molar-refractivity contribution is -0.144. The van der Waals surface area contributed by atoms with Crippen LogP contribution < -0.4 is 5.32 Å². The number of aliphatic carboxylic acids is 1. The second kappa shape index (κ2) is 8.68. The summed E-state index contributed by atoms with van der Waals surface area (Å²) in [6.45, 7) is 0. The minimum atomic E-state index is -4.62. The fourth-order valence-electron chi connectivity index (χ4n) is 2.66. The molecule has 2 aromatic carbocycles. The molecule has 0 aliphatic rings. The zero-order valence-electron chi connectivity index (χ0n) is 14.4. The Hall–Kier alpha value is -2.87. The topological polar surface area (TPSA) is 75.6 Å². The van der Waals surface area contributed by atoms with E-state index >= 15 is 0 Å². The number of rotatable bonds is 7. The fourth-order valence-corrected chi connectivity index (χ4v) is 2.66.